The monoisotopic (exact) mass is 362 g/mol. The lowest BCUT2D eigenvalue weighted by Crippen LogP contribution is -2.49. The van der Waals surface area contributed by atoms with Gasteiger partial charge in [-0.3, -0.25) is 9.69 Å². The second kappa shape index (κ2) is 7.97. The summed E-state index contributed by atoms with van der Waals surface area (Å²) < 4.78 is 5.66. The molecule has 6 nitrogen and oxygen atoms in total. The van der Waals surface area contributed by atoms with Crippen molar-refractivity contribution in [1.82, 2.24) is 20.0 Å². The zero-order chi connectivity index (χ0) is 17.8. The number of amides is 1. The fourth-order valence-corrected chi connectivity index (χ4v) is 3.21. The van der Waals surface area contributed by atoms with Crippen molar-refractivity contribution in [3.05, 3.63) is 46.6 Å². The standard InChI is InChI=1S/C18H23ClN4O2/c1-3-16-20-21-18(25-16)13(2)22-8-10-23(11-9-22)17(24)12-14-6-4-5-7-15(14)19/h4-7,13H,3,8-12H2,1-2H3/t13-/m0/s1. The molecule has 2 heterocycles. The molecule has 1 saturated heterocycles. The van der Waals surface area contributed by atoms with Crippen LogP contribution in [0, 0.1) is 0 Å². The normalized spacial score (nSPS) is 16.8. The molecule has 1 aromatic carbocycles. The van der Waals surface area contributed by atoms with Gasteiger partial charge < -0.3 is 9.32 Å². The van der Waals surface area contributed by atoms with Gasteiger partial charge in [-0.15, -0.1) is 10.2 Å². The Bertz CT molecular complexity index is 725. The number of piperazine rings is 1. The maximum Gasteiger partial charge on any atom is 0.233 e. The molecular weight excluding hydrogens is 340 g/mol. The van der Waals surface area contributed by atoms with Gasteiger partial charge in [0.2, 0.25) is 17.7 Å². The van der Waals surface area contributed by atoms with Crippen LogP contribution in [0.25, 0.3) is 0 Å². The van der Waals surface area contributed by atoms with Gasteiger partial charge in [0.05, 0.1) is 12.5 Å². The molecule has 2 aromatic rings. The third-order valence-electron chi connectivity index (χ3n) is 4.66. The minimum Gasteiger partial charge on any atom is -0.424 e. The second-order valence-electron chi connectivity index (χ2n) is 6.25. The van der Waals surface area contributed by atoms with Gasteiger partial charge in [-0.05, 0) is 18.6 Å². The number of rotatable bonds is 5. The molecule has 0 aliphatic carbocycles. The lowest BCUT2D eigenvalue weighted by atomic mass is 10.1. The molecular formula is C18H23ClN4O2. The van der Waals surface area contributed by atoms with Crippen LogP contribution in [0.4, 0.5) is 0 Å². The third-order valence-corrected chi connectivity index (χ3v) is 5.03. The lowest BCUT2D eigenvalue weighted by molar-refractivity contribution is -0.132. The first-order valence-electron chi connectivity index (χ1n) is 8.66. The lowest BCUT2D eigenvalue weighted by Gasteiger charge is -2.37. The number of carbonyl (C=O) groups is 1. The molecule has 1 aliphatic rings. The highest BCUT2D eigenvalue weighted by Gasteiger charge is 2.27. The predicted molar refractivity (Wildman–Crippen MR) is 95.4 cm³/mol. The summed E-state index contributed by atoms with van der Waals surface area (Å²) in [4.78, 5) is 16.7. The van der Waals surface area contributed by atoms with Gasteiger partial charge in [-0.1, -0.05) is 36.7 Å². The summed E-state index contributed by atoms with van der Waals surface area (Å²) >= 11 is 6.15. The zero-order valence-electron chi connectivity index (χ0n) is 14.6. The molecule has 7 heteroatoms. The highest BCUT2D eigenvalue weighted by atomic mass is 35.5. The molecule has 0 spiro atoms. The van der Waals surface area contributed by atoms with Crippen LogP contribution in [0.1, 0.15) is 37.2 Å². The quantitative estimate of drug-likeness (QED) is 0.818. The molecule has 1 aromatic heterocycles. The average molecular weight is 363 g/mol. The van der Waals surface area contributed by atoms with Crippen molar-refractivity contribution in [1.29, 1.82) is 0 Å². The molecule has 0 bridgehead atoms. The minimum absolute atomic E-state index is 0.0635. The number of hydrogen-bond donors (Lipinski definition) is 0. The number of aryl methyl sites for hydroxylation is 1. The maximum atomic E-state index is 12.5. The fourth-order valence-electron chi connectivity index (χ4n) is 3.01. The van der Waals surface area contributed by atoms with Gasteiger partial charge in [0.25, 0.3) is 0 Å². The first-order chi connectivity index (χ1) is 12.1. The zero-order valence-corrected chi connectivity index (χ0v) is 15.4. The van der Waals surface area contributed by atoms with Crippen LogP contribution in [-0.2, 0) is 17.6 Å². The second-order valence-corrected chi connectivity index (χ2v) is 6.66. The van der Waals surface area contributed by atoms with Crippen molar-refractivity contribution in [2.75, 3.05) is 26.2 Å². The molecule has 0 unspecified atom stereocenters. The SMILES string of the molecule is CCc1nnc([C@H](C)N2CCN(C(=O)Cc3ccccc3Cl)CC2)o1. The molecule has 134 valence electrons. The Balaban J connectivity index is 1.54. The molecule has 0 saturated carbocycles. The van der Waals surface area contributed by atoms with E-state index < -0.39 is 0 Å². The van der Waals surface area contributed by atoms with Crippen molar-refractivity contribution >= 4 is 17.5 Å². The van der Waals surface area contributed by atoms with E-state index in [1.165, 1.54) is 0 Å². The van der Waals surface area contributed by atoms with E-state index in [0.29, 0.717) is 36.3 Å². The van der Waals surface area contributed by atoms with Crippen LogP contribution < -0.4 is 0 Å². The molecule has 0 N–H and O–H groups in total. The van der Waals surface area contributed by atoms with Crippen molar-refractivity contribution in [3.63, 3.8) is 0 Å². The Labute approximate surface area is 152 Å². The summed E-state index contributed by atoms with van der Waals surface area (Å²) in [6.45, 7) is 7.03. The molecule has 0 radical (unpaired) electrons. The van der Waals surface area contributed by atoms with Crippen molar-refractivity contribution in [3.8, 4) is 0 Å². The van der Waals surface area contributed by atoms with E-state index in [1.807, 2.05) is 36.1 Å². The summed E-state index contributed by atoms with van der Waals surface area (Å²) in [5, 5.41) is 8.80. The third kappa shape index (κ3) is 4.19. The van der Waals surface area contributed by atoms with E-state index in [4.69, 9.17) is 16.0 Å². The minimum atomic E-state index is 0.0635. The first-order valence-corrected chi connectivity index (χ1v) is 9.03. The summed E-state index contributed by atoms with van der Waals surface area (Å²) in [6.07, 6.45) is 1.09. The van der Waals surface area contributed by atoms with Gasteiger partial charge in [0, 0.05) is 37.6 Å². The van der Waals surface area contributed by atoms with E-state index in [2.05, 4.69) is 22.0 Å². The maximum absolute atomic E-state index is 12.5. The number of nitrogens with zero attached hydrogens (tertiary/aromatic N) is 4. The van der Waals surface area contributed by atoms with Crippen LogP contribution in [0.15, 0.2) is 28.7 Å². The van der Waals surface area contributed by atoms with Crippen molar-refractivity contribution in [2.24, 2.45) is 0 Å². The van der Waals surface area contributed by atoms with Crippen molar-refractivity contribution < 1.29 is 9.21 Å². The van der Waals surface area contributed by atoms with Crippen LogP contribution in [0.5, 0.6) is 0 Å². The number of aromatic nitrogens is 2. The highest BCUT2D eigenvalue weighted by molar-refractivity contribution is 6.31. The Morgan fingerprint density at radius 2 is 1.96 bits per heavy atom. The number of hydrogen-bond acceptors (Lipinski definition) is 5. The van der Waals surface area contributed by atoms with Crippen LogP contribution in [0.3, 0.4) is 0 Å². The smallest absolute Gasteiger partial charge is 0.233 e. The number of halogens is 1. The Hall–Kier alpha value is -1.92. The molecule has 3 rings (SSSR count). The van der Waals surface area contributed by atoms with Crippen LogP contribution in [-0.4, -0.2) is 52.1 Å². The number of benzene rings is 1. The van der Waals surface area contributed by atoms with E-state index in [0.717, 1.165) is 25.1 Å². The predicted octanol–water partition coefficient (Wildman–Crippen LogP) is 2.73. The van der Waals surface area contributed by atoms with Gasteiger partial charge in [-0.2, -0.15) is 0 Å². The molecule has 25 heavy (non-hydrogen) atoms. The Morgan fingerprint density at radius 3 is 2.60 bits per heavy atom. The molecule has 1 amide bonds. The van der Waals surface area contributed by atoms with E-state index in [-0.39, 0.29) is 11.9 Å². The van der Waals surface area contributed by atoms with Gasteiger partial charge in [0.1, 0.15) is 0 Å². The number of carbonyl (C=O) groups excluding carboxylic acids is 1. The largest absolute Gasteiger partial charge is 0.424 e. The van der Waals surface area contributed by atoms with E-state index in [9.17, 15) is 4.79 Å². The van der Waals surface area contributed by atoms with E-state index >= 15 is 0 Å². The van der Waals surface area contributed by atoms with E-state index in [1.54, 1.807) is 0 Å². The van der Waals surface area contributed by atoms with Crippen LogP contribution in [0.2, 0.25) is 5.02 Å². The Morgan fingerprint density at radius 1 is 1.24 bits per heavy atom. The van der Waals surface area contributed by atoms with Crippen molar-refractivity contribution in [2.45, 2.75) is 32.7 Å². The highest BCUT2D eigenvalue weighted by Crippen LogP contribution is 2.21. The summed E-state index contributed by atoms with van der Waals surface area (Å²) in [7, 11) is 0. The fraction of sp³-hybridized carbons (Fsp3) is 0.500. The van der Waals surface area contributed by atoms with Gasteiger partial charge >= 0.3 is 0 Å². The topological polar surface area (TPSA) is 62.5 Å². The van der Waals surface area contributed by atoms with Gasteiger partial charge in [-0.25, -0.2) is 0 Å². The Kier molecular flexibility index (Phi) is 5.71. The molecule has 1 atom stereocenters. The average Bonchev–Trinajstić information content (AvgIpc) is 3.12. The summed E-state index contributed by atoms with van der Waals surface area (Å²) in [5.41, 5.74) is 0.878. The summed E-state index contributed by atoms with van der Waals surface area (Å²) in [6, 6.07) is 7.56. The molecule has 1 aliphatic heterocycles. The molecule has 1 fully saturated rings. The van der Waals surface area contributed by atoms with Crippen LogP contribution >= 0.6 is 11.6 Å². The van der Waals surface area contributed by atoms with Gasteiger partial charge in [0.15, 0.2) is 0 Å². The summed E-state index contributed by atoms with van der Waals surface area (Å²) in [5.74, 6) is 1.43. The first kappa shape index (κ1) is 17.9.